The number of alkyl halides is 3. The molecule has 1 N–H and O–H groups in total. The van der Waals surface area contributed by atoms with Gasteiger partial charge in [-0.2, -0.15) is 23.5 Å². The summed E-state index contributed by atoms with van der Waals surface area (Å²) in [5, 5.41) is 15.4. The zero-order valence-electron chi connectivity index (χ0n) is 17.7. The minimum absolute atomic E-state index is 0.0110. The van der Waals surface area contributed by atoms with Crippen LogP contribution in [0.25, 0.3) is 11.1 Å². The Morgan fingerprint density at radius 2 is 1.89 bits per heavy atom. The zero-order chi connectivity index (χ0) is 26.0. The number of nitrogens with one attached hydrogen (secondary N) is 1. The number of halogens is 5. The summed E-state index contributed by atoms with van der Waals surface area (Å²) in [4.78, 5) is 32.5. The Hall–Kier alpha value is -4.21. The number of aromatic nitrogens is 5. The van der Waals surface area contributed by atoms with Crippen molar-refractivity contribution in [1.82, 2.24) is 24.7 Å². The molecular weight excluding hydrogens is 524 g/mol. The van der Waals surface area contributed by atoms with Crippen molar-refractivity contribution < 1.29 is 17.9 Å². The molecule has 0 aliphatic heterocycles. The monoisotopic (exact) mass is 534 g/mol. The number of hydrogen-bond donors (Lipinski definition) is 1. The van der Waals surface area contributed by atoms with Gasteiger partial charge in [0.05, 0.1) is 35.8 Å². The van der Waals surface area contributed by atoms with Crippen LogP contribution in [0.4, 0.5) is 13.2 Å². The van der Waals surface area contributed by atoms with Crippen LogP contribution in [0.2, 0.25) is 10.2 Å². The number of benzene rings is 1. The molecule has 14 heteroatoms. The highest BCUT2D eigenvalue weighted by molar-refractivity contribution is 6.30. The fourth-order valence-electron chi connectivity index (χ4n) is 3.13. The summed E-state index contributed by atoms with van der Waals surface area (Å²) in [7, 11) is 0. The van der Waals surface area contributed by atoms with Gasteiger partial charge in [-0.15, -0.1) is 0 Å². The van der Waals surface area contributed by atoms with Crippen LogP contribution >= 0.6 is 23.2 Å². The van der Waals surface area contributed by atoms with E-state index in [-0.39, 0.29) is 39.3 Å². The Morgan fingerprint density at radius 1 is 1.11 bits per heavy atom. The highest BCUT2D eigenvalue weighted by atomic mass is 35.5. The molecule has 4 rings (SSSR count). The number of H-pyrrole nitrogens is 1. The predicted molar refractivity (Wildman–Crippen MR) is 122 cm³/mol. The van der Waals surface area contributed by atoms with Crippen LogP contribution in [0.1, 0.15) is 17.0 Å². The van der Waals surface area contributed by atoms with Crippen LogP contribution < -0.4 is 15.9 Å². The number of hydrogen-bond acceptors (Lipinski definition) is 7. The average molecular weight is 535 g/mol. The molecule has 0 unspecified atom stereocenters. The third-order valence-electron chi connectivity index (χ3n) is 4.71. The molecule has 182 valence electrons. The first-order valence-corrected chi connectivity index (χ1v) is 10.6. The minimum atomic E-state index is -5.02. The molecule has 0 amide bonds. The van der Waals surface area contributed by atoms with Gasteiger partial charge in [-0.3, -0.25) is 14.2 Å². The summed E-state index contributed by atoms with van der Waals surface area (Å²) in [5.74, 6) is -1.39. The second-order valence-electron chi connectivity index (χ2n) is 7.21. The molecule has 3 aromatic heterocycles. The number of nitriles is 1. The molecule has 9 nitrogen and oxygen atoms in total. The van der Waals surface area contributed by atoms with Gasteiger partial charge in [0.1, 0.15) is 10.9 Å². The molecule has 1 aromatic carbocycles. The van der Waals surface area contributed by atoms with Gasteiger partial charge in [-0.25, -0.2) is 15.1 Å². The average Bonchev–Trinajstić information content (AvgIpc) is 2.82. The molecular formula is C22H11Cl2F3N6O3. The van der Waals surface area contributed by atoms with Crippen molar-refractivity contribution in [3.63, 3.8) is 0 Å². The van der Waals surface area contributed by atoms with Gasteiger partial charge < -0.3 is 4.74 Å². The summed E-state index contributed by atoms with van der Waals surface area (Å²) >= 11 is 11.7. The first-order valence-electron chi connectivity index (χ1n) is 9.81. The highest BCUT2D eigenvalue weighted by Crippen LogP contribution is 2.35. The van der Waals surface area contributed by atoms with Gasteiger partial charge in [-0.1, -0.05) is 23.2 Å². The van der Waals surface area contributed by atoms with Crippen molar-refractivity contribution in [1.29, 1.82) is 5.26 Å². The molecule has 0 aliphatic rings. The van der Waals surface area contributed by atoms with E-state index < -0.39 is 28.7 Å². The molecule has 36 heavy (non-hydrogen) atoms. The van der Waals surface area contributed by atoms with Crippen LogP contribution in [0.15, 0.2) is 58.5 Å². The lowest BCUT2D eigenvalue weighted by Gasteiger charge is -2.15. The maximum atomic E-state index is 13.6. The fourth-order valence-corrected chi connectivity index (χ4v) is 3.47. The van der Waals surface area contributed by atoms with Gasteiger partial charge in [0, 0.05) is 16.8 Å². The van der Waals surface area contributed by atoms with Crippen molar-refractivity contribution in [3.05, 3.63) is 96.8 Å². The fraction of sp³-hybridized carbons (Fsp3) is 0.0909. The third kappa shape index (κ3) is 5.37. The van der Waals surface area contributed by atoms with E-state index in [1.807, 2.05) is 0 Å². The Balaban J connectivity index is 1.76. The van der Waals surface area contributed by atoms with E-state index in [0.717, 1.165) is 16.7 Å². The Bertz CT molecular complexity index is 1610. The molecule has 0 aliphatic carbocycles. The molecule has 0 saturated heterocycles. The van der Waals surface area contributed by atoms with Gasteiger partial charge in [-0.05, 0) is 36.4 Å². The van der Waals surface area contributed by atoms with E-state index in [2.05, 4.69) is 20.2 Å². The molecule has 0 bridgehead atoms. The molecule has 0 saturated carbocycles. The smallest absolute Gasteiger partial charge is 0.437 e. The maximum absolute atomic E-state index is 13.6. The summed E-state index contributed by atoms with van der Waals surface area (Å²) < 4.78 is 46.8. The van der Waals surface area contributed by atoms with Crippen molar-refractivity contribution >= 4 is 23.2 Å². The number of ether oxygens (including phenoxy) is 1. The third-order valence-corrected chi connectivity index (χ3v) is 5.15. The summed E-state index contributed by atoms with van der Waals surface area (Å²) in [6.45, 7) is -0.357. The number of aromatic amines is 1. The lowest BCUT2D eigenvalue weighted by molar-refractivity contribution is -0.142. The Labute approximate surface area is 209 Å². The SMILES string of the molecule is N#Cc1cc(Cl)cc(Oc2c(C(F)(F)F)ncn(Cc3cc(-c4ccc(Cl)nc4)c(=O)[nH]n3)c2=O)c1. The first-order chi connectivity index (χ1) is 17.0. The van der Waals surface area contributed by atoms with E-state index in [9.17, 15) is 22.8 Å². The Morgan fingerprint density at radius 3 is 2.56 bits per heavy atom. The zero-order valence-corrected chi connectivity index (χ0v) is 19.2. The molecule has 3 heterocycles. The van der Waals surface area contributed by atoms with Crippen LogP contribution in [-0.2, 0) is 12.7 Å². The molecule has 0 fully saturated rings. The van der Waals surface area contributed by atoms with Crippen molar-refractivity contribution in [3.8, 4) is 28.7 Å². The lowest BCUT2D eigenvalue weighted by atomic mass is 10.1. The van der Waals surface area contributed by atoms with E-state index in [4.69, 9.17) is 33.2 Å². The Kier molecular flexibility index (Phi) is 6.78. The maximum Gasteiger partial charge on any atom is 0.437 e. The summed E-state index contributed by atoms with van der Waals surface area (Å²) in [5.41, 5.74) is -2.61. The van der Waals surface area contributed by atoms with Crippen molar-refractivity contribution in [2.45, 2.75) is 12.7 Å². The number of nitrogens with zero attached hydrogens (tertiary/aromatic N) is 5. The van der Waals surface area contributed by atoms with E-state index in [0.29, 0.717) is 11.9 Å². The van der Waals surface area contributed by atoms with Gasteiger partial charge in [0.15, 0.2) is 5.69 Å². The molecule has 4 aromatic rings. The van der Waals surface area contributed by atoms with E-state index >= 15 is 0 Å². The largest absolute Gasteiger partial charge is 0.449 e. The molecule has 0 atom stereocenters. The summed E-state index contributed by atoms with van der Waals surface area (Å²) in [6.07, 6.45) is -2.98. The van der Waals surface area contributed by atoms with Crippen LogP contribution in [0.5, 0.6) is 11.5 Å². The van der Waals surface area contributed by atoms with Gasteiger partial charge >= 0.3 is 6.18 Å². The lowest BCUT2D eigenvalue weighted by Crippen LogP contribution is -2.27. The van der Waals surface area contributed by atoms with Crippen LogP contribution in [-0.4, -0.2) is 24.7 Å². The normalized spacial score (nSPS) is 11.2. The first kappa shape index (κ1) is 24.9. The molecule has 0 spiro atoms. The second-order valence-corrected chi connectivity index (χ2v) is 8.04. The standard InChI is InChI=1S/C22H11Cl2F3N6O3/c23-13-3-11(7-28)4-15(5-13)36-18-19(22(25,26)27)30-10-33(21(18)35)9-14-6-16(20(34)32-31-14)12-1-2-17(24)29-8-12/h1-6,8,10H,9H2,(H,32,34). The molecule has 0 radical (unpaired) electrons. The summed E-state index contributed by atoms with van der Waals surface area (Å²) in [6, 6.07) is 9.70. The van der Waals surface area contributed by atoms with E-state index in [1.165, 1.54) is 24.4 Å². The van der Waals surface area contributed by atoms with Crippen molar-refractivity contribution in [2.75, 3.05) is 0 Å². The van der Waals surface area contributed by atoms with E-state index in [1.54, 1.807) is 12.1 Å². The van der Waals surface area contributed by atoms with Crippen LogP contribution in [0.3, 0.4) is 0 Å². The van der Waals surface area contributed by atoms with Gasteiger partial charge in [0.2, 0.25) is 5.75 Å². The highest BCUT2D eigenvalue weighted by Gasteiger charge is 2.38. The van der Waals surface area contributed by atoms with Gasteiger partial charge in [0.25, 0.3) is 11.1 Å². The van der Waals surface area contributed by atoms with Crippen molar-refractivity contribution in [2.24, 2.45) is 0 Å². The topological polar surface area (TPSA) is 127 Å². The second kappa shape index (κ2) is 9.80. The minimum Gasteiger partial charge on any atom is -0.449 e. The van der Waals surface area contributed by atoms with Crippen LogP contribution in [0, 0.1) is 11.3 Å². The predicted octanol–water partition coefficient (Wildman–Crippen LogP) is 4.43. The number of rotatable bonds is 5. The number of pyridine rings is 1. The quantitative estimate of drug-likeness (QED) is 0.375.